The first kappa shape index (κ1) is 18.9. The first-order chi connectivity index (χ1) is 11.2. The van der Waals surface area contributed by atoms with Gasteiger partial charge in [-0.05, 0) is 50.0 Å². The molecular formula is C18H27ClN2O3. The van der Waals surface area contributed by atoms with Gasteiger partial charge in [-0.1, -0.05) is 6.92 Å². The molecule has 0 spiro atoms. The summed E-state index contributed by atoms with van der Waals surface area (Å²) in [5, 5.41) is 3.26. The molecule has 3 rings (SSSR count). The fourth-order valence-electron chi connectivity index (χ4n) is 3.58. The predicted molar refractivity (Wildman–Crippen MR) is 96.0 cm³/mol. The standard InChI is InChI=1S/C18H26N2O3.ClH/c1-12(13-10-19-11-13)18(21)20-8-4-5-16(20)15-9-14(22-2)6-7-17(15)23-3;/h6-7,9,12-13,16,19H,4-5,8,10-11H2,1-3H3;1H. The van der Waals surface area contributed by atoms with Crippen molar-refractivity contribution in [2.24, 2.45) is 11.8 Å². The second-order valence-corrected chi connectivity index (χ2v) is 6.50. The molecule has 0 aliphatic carbocycles. The van der Waals surface area contributed by atoms with Crippen LogP contribution in [0.25, 0.3) is 0 Å². The summed E-state index contributed by atoms with van der Waals surface area (Å²) in [7, 11) is 3.34. The number of nitrogens with one attached hydrogen (secondary N) is 1. The van der Waals surface area contributed by atoms with Crippen molar-refractivity contribution in [1.29, 1.82) is 0 Å². The van der Waals surface area contributed by atoms with Crippen LogP contribution in [0.3, 0.4) is 0 Å². The molecule has 134 valence electrons. The Labute approximate surface area is 150 Å². The van der Waals surface area contributed by atoms with E-state index >= 15 is 0 Å². The zero-order valence-electron chi connectivity index (χ0n) is 14.6. The number of hydrogen-bond donors (Lipinski definition) is 1. The lowest BCUT2D eigenvalue weighted by molar-refractivity contribution is -0.138. The van der Waals surface area contributed by atoms with Crippen LogP contribution in [0.2, 0.25) is 0 Å². The van der Waals surface area contributed by atoms with Gasteiger partial charge in [0, 0.05) is 18.0 Å². The van der Waals surface area contributed by atoms with Crippen LogP contribution in [0.5, 0.6) is 11.5 Å². The molecule has 0 radical (unpaired) electrons. The average molecular weight is 355 g/mol. The maximum Gasteiger partial charge on any atom is 0.226 e. The van der Waals surface area contributed by atoms with Crippen molar-refractivity contribution in [3.8, 4) is 11.5 Å². The summed E-state index contributed by atoms with van der Waals surface area (Å²) in [6, 6.07) is 5.91. The number of ether oxygens (including phenoxy) is 2. The van der Waals surface area contributed by atoms with E-state index in [-0.39, 0.29) is 30.3 Å². The smallest absolute Gasteiger partial charge is 0.226 e. The molecule has 2 fully saturated rings. The lowest BCUT2D eigenvalue weighted by Gasteiger charge is -2.36. The van der Waals surface area contributed by atoms with Gasteiger partial charge in [0.2, 0.25) is 5.91 Å². The second kappa shape index (κ2) is 8.08. The van der Waals surface area contributed by atoms with Crippen LogP contribution in [0.4, 0.5) is 0 Å². The summed E-state index contributed by atoms with van der Waals surface area (Å²) in [5.41, 5.74) is 1.05. The van der Waals surface area contributed by atoms with Crippen LogP contribution >= 0.6 is 12.4 Å². The van der Waals surface area contributed by atoms with E-state index in [1.54, 1.807) is 14.2 Å². The number of carbonyl (C=O) groups excluding carboxylic acids is 1. The monoisotopic (exact) mass is 354 g/mol. The quantitative estimate of drug-likeness (QED) is 0.883. The van der Waals surface area contributed by atoms with E-state index in [0.29, 0.717) is 5.92 Å². The topological polar surface area (TPSA) is 50.8 Å². The van der Waals surface area contributed by atoms with Crippen LogP contribution in [-0.4, -0.2) is 44.7 Å². The SMILES string of the molecule is COc1ccc(OC)c(C2CCCN2C(=O)C(C)C2CNC2)c1.Cl. The first-order valence-electron chi connectivity index (χ1n) is 8.38. The van der Waals surface area contributed by atoms with Crippen LogP contribution in [0.1, 0.15) is 31.4 Å². The third-order valence-electron chi connectivity index (χ3n) is 5.24. The second-order valence-electron chi connectivity index (χ2n) is 6.50. The van der Waals surface area contributed by atoms with Gasteiger partial charge in [-0.2, -0.15) is 0 Å². The van der Waals surface area contributed by atoms with E-state index in [1.807, 2.05) is 23.1 Å². The Balaban J connectivity index is 0.00000208. The number of carbonyl (C=O) groups is 1. The molecule has 0 aromatic heterocycles. The first-order valence-corrected chi connectivity index (χ1v) is 8.38. The highest BCUT2D eigenvalue weighted by Gasteiger charge is 2.37. The molecular weight excluding hydrogens is 328 g/mol. The molecule has 2 aliphatic rings. The van der Waals surface area contributed by atoms with E-state index < -0.39 is 0 Å². The molecule has 0 saturated carbocycles. The number of methoxy groups -OCH3 is 2. The van der Waals surface area contributed by atoms with Crippen molar-refractivity contribution in [3.05, 3.63) is 23.8 Å². The lowest BCUT2D eigenvalue weighted by atomic mass is 9.87. The minimum absolute atomic E-state index is 0. The maximum atomic E-state index is 12.9. The van der Waals surface area contributed by atoms with Crippen molar-refractivity contribution in [3.63, 3.8) is 0 Å². The van der Waals surface area contributed by atoms with E-state index in [2.05, 4.69) is 12.2 Å². The third kappa shape index (κ3) is 3.47. The van der Waals surface area contributed by atoms with Gasteiger partial charge in [-0.25, -0.2) is 0 Å². The van der Waals surface area contributed by atoms with Crippen LogP contribution in [0.15, 0.2) is 18.2 Å². The van der Waals surface area contributed by atoms with Crippen molar-refractivity contribution >= 4 is 18.3 Å². The molecule has 0 bridgehead atoms. The highest BCUT2D eigenvalue weighted by atomic mass is 35.5. The van der Waals surface area contributed by atoms with Gasteiger partial charge in [0.15, 0.2) is 0 Å². The number of hydrogen-bond acceptors (Lipinski definition) is 4. The largest absolute Gasteiger partial charge is 0.497 e. The minimum Gasteiger partial charge on any atom is -0.497 e. The molecule has 1 amide bonds. The van der Waals surface area contributed by atoms with Gasteiger partial charge in [-0.3, -0.25) is 4.79 Å². The van der Waals surface area contributed by atoms with Gasteiger partial charge in [0.05, 0.1) is 20.3 Å². The zero-order valence-corrected chi connectivity index (χ0v) is 15.4. The normalized spacial score (nSPS) is 21.6. The molecule has 1 aromatic rings. The fraction of sp³-hybridized carbons (Fsp3) is 0.611. The molecule has 2 heterocycles. The van der Waals surface area contributed by atoms with Crippen LogP contribution in [-0.2, 0) is 4.79 Å². The Morgan fingerprint density at radius 2 is 2.04 bits per heavy atom. The summed E-state index contributed by atoms with van der Waals surface area (Å²) < 4.78 is 10.9. The molecule has 2 aliphatic heterocycles. The number of likely N-dealkylation sites (tertiary alicyclic amines) is 1. The van der Waals surface area contributed by atoms with Crippen molar-refractivity contribution in [2.75, 3.05) is 33.9 Å². The summed E-state index contributed by atoms with van der Waals surface area (Å²) in [6.45, 7) is 4.79. The molecule has 2 unspecified atom stereocenters. The summed E-state index contributed by atoms with van der Waals surface area (Å²) in [6.07, 6.45) is 2.01. The van der Waals surface area contributed by atoms with E-state index in [9.17, 15) is 4.79 Å². The van der Waals surface area contributed by atoms with Gasteiger partial charge in [0.1, 0.15) is 11.5 Å². The van der Waals surface area contributed by atoms with E-state index in [0.717, 1.165) is 49.5 Å². The fourth-order valence-corrected chi connectivity index (χ4v) is 3.58. The predicted octanol–water partition coefficient (Wildman–Crippen LogP) is 2.64. The van der Waals surface area contributed by atoms with Crippen LogP contribution in [0, 0.1) is 11.8 Å². The Morgan fingerprint density at radius 3 is 2.62 bits per heavy atom. The van der Waals surface area contributed by atoms with Gasteiger partial charge in [0.25, 0.3) is 0 Å². The van der Waals surface area contributed by atoms with E-state index in [1.165, 1.54) is 0 Å². The Hall–Kier alpha value is -1.46. The lowest BCUT2D eigenvalue weighted by Crippen LogP contribution is -2.50. The zero-order chi connectivity index (χ0) is 16.4. The summed E-state index contributed by atoms with van der Waals surface area (Å²) >= 11 is 0. The van der Waals surface area contributed by atoms with Gasteiger partial charge < -0.3 is 19.7 Å². The summed E-state index contributed by atoms with van der Waals surface area (Å²) in [5.74, 6) is 2.44. The third-order valence-corrected chi connectivity index (χ3v) is 5.24. The molecule has 2 atom stereocenters. The van der Waals surface area contributed by atoms with Crippen molar-refractivity contribution in [1.82, 2.24) is 10.2 Å². The maximum absolute atomic E-state index is 12.9. The molecule has 5 nitrogen and oxygen atoms in total. The number of nitrogens with zero attached hydrogens (tertiary/aromatic N) is 1. The average Bonchev–Trinajstić information content (AvgIpc) is 3.01. The summed E-state index contributed by atoms with van der Waals surface area (Å²) in [4.78, 5) is 15.0. The molecule has 1 N–H and O–H groups in total. The highest BCUT2D eigenvalue weighted by molar-refractivity contribution is 5.85. The number of halogens is 1. The molecule has 24 heavy (non-hydrogen) atoms. The molecule has 1 aromatic carbocycles. The van der Waals surface area contributed by atoms with Crippen LogP contribution < -0.4 is 14.8 Å². The minimum atomic E-state index is 0. The number of amides is 1. The molecule has 6 heteroatoms. The molecule has 2 saturated heterocycles. The Bertz CT molecular complexity index is 577. The van der Waals surface area contributed by atoms with Crippen molar-refractivity contribution in [2.45, 2.75) is 25.8 Å². The van der Waals surface area contributed by atoms with E-state index in [4.69, 9.17) is 9.47 Å². The van der Waals surface area contributed by atoms with Crippen molar-refractivity contribution < 1.29 is 14.3 Å². The Kier molecular flexibility index (Phi) is 6.35. The van der Waals surface area contributed by atoms with Gasteiger partial charge in [-0.15, -0.1) is 12.4 Å². The number of rotatable bonds is 5. The Morgan fingerprint density at radius 1 is 1.29 bits per heavy atom. The number of benzene rings is 1. The highest BCUT2D eigenvalue weighted by Crippen LogP contribution is 2.40. The van der Waals surface area contributed by atoms with Gasteiger partial charge >= 0.3 is 0 Å².